The molecule has 0 bridgehead atoms. The van der Waals surface area contributed by atoms with Gasteiger partial charge in [0, 0.05) is 18.2 Å². The number of nitrogens with zero attached hydrogens (tertiary/aromatic N) is 4. The fourth-order valence-corrected chi connectivity index (χ4v) is 2.21. The van der Waals surface area contributed by atoms with Gasteiger partial charge in [0.1, 0.15) is 11.4 Å². The first kappa shape index (κ1) is 22.0. The third-order valence-electron chi connectivity index (χ3n) is 3.50. The lowest BCUT2D eigenvalue weighted by molar-refractivity contribution is -0.141. The molecule has 0 radical (unpaired) electrons. The first-order valence-corrected chi connectivity index (χ1v) is 7.92. The minimum atomic E-state index is -4.64. The van der Waals surface area contributed by atoms with Crippen molar-refractivity contribution in [3.8, 4) is 11.6 Å². The summed E-state index contributed by atoms with van der Waals surface area (Å²) in [6.07, 6.45) is -4.64. The number of tetrazole rings is 1. The number of carbonyl (C=O) groups is 1. The Labute approximate surface area is 168 Å². The maximum atomic E-state index is 13.0. The number of rotatable bonds is 6. The van der Waals surface area contributed by atoms with Crippen molar-refractivity contribution in [2.24, 2.45) is 5.73 Å². The average molecular weight is 430 g/mol. The fourth-order valence-electron chi connectivity index (χ4n) is 2.21. The van der Waals surface area contributed by atoms with E-state index in [2.05, 4.69) is 30.9 Å². The predicted octanol–water partition coefficient (Wildman–Crippen LogP) is 2.22. The van der Waals surface area contributed by atoms with Crippen LogP contribution in [-0.2, 0) is 19.3 Å². The number of H-pyrrole nitrogens is 1. The Morgan fingerprint density at radius 1 is 1.24 bits per heavy atom. The van der Waals surface area contributed by atoms with Gasteiger partial charge in [-0.05, 0) is 29.8 Å². The second kappa shape index (κ2) is 9.30. The number of aromatic nitrogens is 5. The van der Waals surface area contributed by atoms with Crippen molar-refractivity contribution in [2.75, 3.05) is 0 Å². The topological polar surface area (TPSA) is 132 Å². The van der Waals surface area contributed by atoms with Crippen LogP contribution in [0.3, 0.4) is 0 Å². The number of hydrogen-bond donors (Lipinski definition) is 3. The quantitative estimate of drug-likeness (QED) is 0.547. The minimum Gasteiger partial charge on any atom is -0.439 e. The van der Waals surface area contributed by atoms with E-state index in [-0.39, 0.29) is 48.3 Å². The van der Waals surface area contributed by atoms with E-state index in [0.717, 1.165) is 6.07 Å². The Bertz CT molecular complexity index is 967. The van der Waals surface area contributed by atoms with Gasteiger partial charge in [0.05, 0.1) is 6.54 Å². The molecule has 0 atom stereocenters. The molecule has 3 aromatic rings. The van der Waals surface area contributed by atoms with Gasteiger partial charge in [-0.3, -0.25) is 4.79 Å². The summed E-state index contributed by atoms with van der Waals surface area (Å²) >= 11 is 0. The van der Waals surface area contributed by atoms with Gasteiger partial charge in [-0.25, -0.2) is 4.98 Å². The van der Waals surface area contributed by atoms with Crippen molar-refractivity contribution >= 4 is 18.3 Å². The van der Waals surface area contributed by atoms with Crippen molar-refractivity contribution in [3.05, 3.63) is 59.0 Å². The van der Waals surface area contributed by atoms with Gasteiger partial charge in [0.15, 0.2) is 5.82 Å². The van der Waals surface area contributed by atoms with Crippen molar-refractivity contribution in [1.82, 2.24) is 30.9 Å². The molecule has 2 aromatic heterocycles. The number of amides is 1. The normalized spacial score (nSPS) is 10.9. The molecule has 0 aliphatic carbocycles. The number of alkyl halides is 3. The maximum Gasteiger partial charge on any atom is 0.433 e. The van der Waals surface area contributed by atoms with Crippen molar-refractivity contribution in [2.45, 2.75) is 19.3 Å². The molecule has 2 heterocycles. The molecule has 0 spiro atoms. The molecule has 0 aliphatic heterocycles. The van der Waals surface area contributed by atoms with Crippen LogP contribution in [0.4, 0.5) is 13.2 Å². The second-order valence-corrected chi connectivity index (χ2v) is 5.54. The Morgan fingerprint density at radius 2 is 2.03 bits per heavy atom. The molecule has 154 valence electrons. The van der Waals surface area contributed by atoms with Crippen LogP contribution in [0, 0.1) is 0 Å². The van der Waals surface area contributed by atoms with E-state index in [1.165, 1.54) is 30.3 Å². The number of pyridine rings is 1. The second-order valence-electron chi connectivity index (χ2n) is 5.54. The van der Waals surface area contributed by atoms with Crippen LogP contribution in [0.5, 0.6) is 11.6 Å². The SMILES string of the molecule is Cl.NCc1cc(Oc2cccc(C(=O)NCc3nn[nH]n3)c2)nc(C(F)(F)F)c1. The lowest BCUT2D eigenvalue weighted by Crippen LogP contribution is -2.23. The third kappa shape index (κ3) is 5.86. The smallest absolute Gasteiger partial charge is 0.433 e. The highest BCUT2D eigenvalue weighted by Gasteiger charge is 2.33. The highest BCUT2D eigenvalue weighted by atomic mass is 35.5. The van der Waals surface area contributed by atoms with Gasteiger partial charge in [0.25, 0.3) is 5.91 Å². The van der Waals surface area contributed by atoms with E-state index in [4.69, 9.17) is 10.5 Å². The first-order chi connectivity index (χ1) is 13.3. The standard InChI is InChI=1S/C16H14F3N7O2.ClH/c17-16(18,19)12-4-9(7-20)5-14(22-12)28-11-3-1-2-10(6-11)15(27)21-8-13-23-25-26-24-13;/h1-6H,7-8,20H2,(H,21,27)(H,23,24,25,26);1H. The molecule has 0 aliphatic rings. The lowest BCUT2D eigenvalue weighted by atomic mass is 10.2. The number of carbonyl (C=O) groups excluding carboxylic acids is 1. The van der Waals surface area contributed by atoms with Crippen LogP contribution in [-0.4, -0.2) is 31.5 Å². The van der Waals surface area contributed by atoms with Crippen LogP contribution in [0.1, 0.15) is 27.4 Å². The van der Waals surface area contributed by atoms with Gasteiger partial charge in [-0.15, -0.1) is 22.6 Å². The van der Waals surface area contributed by atoms with Crippen molar-refractivity contribution in [3.63, 3.8) is 0 Å². The van der Waals surface area contributed by atoms with Gasteiger partial charge >= 0.3 is 6.18 Å². The van der Waals surface area contributed by atoms with E-state index < -0.39 is 17.8 Å². The van der Waals surface area contributed by atoms with Crippen LogP contribution in [0.25, 0.3) is 0 Å². The largest absolute Gasteiger partial charge is 0.439 e. The zero-order valence-electron chi connectivity index (χ0n) is 14.6. The molecule has 1 amide bonds. The summed E-state index contributed by atoms with van der Waals surface area (Å²) in [5, 5.41) is 15.6. The molecule has 0 fully saturated rings. The van der Waals surface area contributed by atoms with Gasteiger partial charge in [-0.1, -0.05) is 11.3 Å². The van der Waals surface area contributed by atoms with Gasteiger partial charge in [-0.2, -0.15) is 18.4 Å². The average Bonchev–Trinajstić information content (AvgIpc) is 3.19. The molecule has 0 unspecified atom stereocenters. The molecule has 9 nitrogen and oxygen atoms in total. The number of hydrogen-bond acceptors (Lipinski definition) is 7. The Balaban J connectivity index is 0.00000300. The highest BCUT2D eigenvalue weighted by Crippen LogP contribution is 2.31. The lowest BCUT2D eigenvalue weighted by Gasteiger charge is -2.12. The van der Waals surface area contributed by atoms with Crippen LogP contribution in [0.2, 0.25) is 0 Å². The zero-order chi connectivity index (χ0) is 20.1. The summed E-state index contributed by atoms with van der Waals surface area (Å²) < 4.78 is 44.3. The van der Waals surface area contributed by atoms with E-state index in [1.807, 2.05) is 0 Å². The van der Waals surface area contributed by atoms with E-state index in [1.54, 1.807) is 0 Å². The summed E-state index contributed by atoms with van der Waals surface area (Å²) in [5.41, 5.74) is 4.77. The number of benzene rings is 1. The molecule has 0 saturated carbocycles. The summed E-state index contributed by atoms with van der Waals surface area (Å²) in [5.74, 6) is -0.292. The number of halogens is 4. The molecule has 0 saturated heterocycles. The van der Waals surface area contributed by atoms with Gasteiger partial charge < -0.3 is 15.8 Å². The Kier molecular flexibility index (Phi) is 7.07. The van der Waals surface area contributed by atoms with E-state index in [0.29, 0.717) is 5.82 Å². The number of nitrogens with one attached hydrogen (secondary N) is 2. The fraction of sp³-hybridized carbons (Fsp3) is 0.188. The number of aromatic amines is 1. The molecular weight excluding hydrogens is 415 g/mol. The van der Waals surface area contributed by atoms with Crippen LogP contribution < -0.4 is 15.8 Å². The maximum absolute atomic E-state index is 13.0. The molecule has 1 aromatic carbocycles. The zero-order valence-corrected chi connectivity index (χ0v) is 15.4. The van der Waals surface area contributed by atoms with Crippen LogP contribution >= 0.6 is 12.4 Å². The highest BCUT2D eigenvalue weighted by molar-refractivity contribution is 5.94. The third-order valence-corrected chi connectivity index (χ3v) is 3.50. The summed E-state index contributed by atoms with van der Waals surface area (Å²) in [7, 11) is 0. The molecular formula is C16H15ClF3N7O2. The van der Waals surface area contributed by atoms with Crippen LogP contribution in [0.15, 0.2) is 36.4 Å². The van der Waals surface area contributed by atoms with Crippen molar-refractivity contribution < 1.29 is 22.7 Å². The molecule has 4 N–H and O–H groups in total. The van der Waals surface area contributed by atoms with E-state index in [9.17, 15) is 18.0 Å². The summed E-state index contributed by atoms with van der Waals surface area (Å²) in [6, 6.07) is 8.06. The summed E-state index contributed by atoms with van der Waals surface area (Å²) in [6.45, 7) is -0.0596. The monoisotopic (exact) mass is 429 g/mol. The summed E-state index contributed by atoms with van der Waals surface area (Å²) in [4.78, 5) is 15.7. The Hall–Kier alpha value is -3.25. The van der Waals surface area contributed by atoms with Gasteiger partial charge in [0.2, 0.25) is 5.88 Å². The first-order valence-electron chi connectivity index (χ1n) is 7.92. The minimum absolute atomic E-state index is 0. The Morgan fingerprint density at radius 3 is 2.69 bits per heavy atom. The molecule has 29 heavy (non-hydrogen) atoms. The number of nitrogens with two attached hydrogens (primary N) is 1. The number of ether oxygens (including phenoxy) is 1. The predicted molar refractivity (Wildman–Crippen MR) is 96.2 cm³/mol. The molecule has 13 heteroatoms. The molecule has 3 rings (SSSR count). The van der Waals surface area contributed by atoms with Crippen molar-refractivity contribution in [1.29, 1.82) is 0 Å². The van der Waals surface area contributed by atoms with E-state index >= 15 is 0 Å².